The zero-order chi connectivity index (χ0) is 16.8. The molecule has 23 heavy (non-hydrogen) atoms. The molecule has 0 unspecified atom stereocenters. The Morgan fingerprint density at radius 2 is 1.35 bits per heavy atom. The van der Waals surface area contributed by atoms with Gasteiger partial charge in [0.05, 0.1) is 13.5 Å². The Kier molecular flexibility index (Phi) is 5.63. The largest absolute Gasteiger partial charge is 0.508 e. The molecule has 0 aliphatic heterocycles. The standard InChI is InChI=1S/C19H22O4/c1-3-17(13-4-8-15(20)9-5-13)18(12-19(22)23-2)14-6-10-16(21)11-7-14/h4-11,17-18,20-21H,3,12H2,1-2H3/t17-,18+/m1/s1. The van der Waals surface area contributed by atoms with Crippen LogP contribution in [0.4, 0.5) is 0 Å². The molecule has 0 heterocycles. The van der Waals surface area contributed by atoms with E-state index in [2.05, 4.69) is 6.92 Å². The van der Waals surface area contributed by atoms with Crippen molar-refractivity contribution in [1.82, 2.24) is 0 Å². The van der Waals surface area contributed by atoms with Gasteiger partial charge in [0, 0.05) is 5.92 Å². The van der Waals surface area contributed by atoms with Crippen molar-refractivity contribution in [1.29, 1.82) is 0 Å². The highest BCUT2D eigenvalue weighted by Crippen LogP contribution is 2.39. The van der Waals surface area contributed by atoms with Crippen molar-refractivity contribution in [2.45, 2.75) is 31.6 Å². The molecule has 2 aromatic rings. The summed E-state index contributed by atoms with van der Waals surface area (Å²) in [5, 5.41) is 19.0. The van der Waals surface area contributed by atoms with Gasteiger partial charge >= 0.3 is 5.97 Å². The minimum atomic E-state index is -0.264. The van der Waals surface area contributed by atoms with Crippen LogP contribution in [-0.2, 0) is 9.53 Å². The summed E-state index contributed by atoms with van der Waals surface area (Å²) in [5.41, 5.74) is 2.04. The summed E-state index contributed by atoms with van der Waals surface area (Å²) in [7, 11) is 1.39. The van der Waals surface area contributed by atoms with Crippen LogP contribution < -0.4 is 0 Å². The van der Waals surface area contributed by atoms with E-state index in [1.54, 1.807) is 24.3 Å². The van der Waals surface area contributed by atoms with E-state index in [0.717, 1.165) is 17.5 Å². The maximum atomic E-state index is 11.9. The molecule has 0 radical (unpaired) electrons. The summed E-state index contributed by atoms with van der Waals surface area (Å²) in [5.74, 6) is 0.207. The maximum absolute atomic E-state index is 11.9. The average Bonchev–Trinajstić information content (AvgIpc) is 2.57. The van der Waals surface area contributed by atoms with E-state index >= 15 is 0 Å². The quantitative estimate of drug-likeness (QED) is 0.793. The summed E-state index contributed by atoms with van der Waals surface area (Å²) in [6, 6.07) is 14.0. The number of carbonyl (C=O) groups is 1. The van der Waals surface area contributed by atoms with Gasteiger partial charge in [-0.15, -0.1) is 0 Å². The van der Waals surface area contributed by atoms with E-state index in [9.17, 15) is 15.0 Å². The molecule has 0 amide bonds. The molecule has 0 saturated heterocycles. The Morgan fingerprint density at radius 3 is 1.74 bits per heavy atom. The van der Waals surface area contributed by atoms with Crippen LogP contribution in [-0.4, -0.2) is 23.3 Å². The van der Waals surface area contributed by atoms with Crippen LogP contribution in [0.2, 0.25) is 0 Å². The highest BCUT2D eigenvalue weighted by molar-refractivity contribution is 5.70. The number of hydrogen-bond acceptors (Lipinski definition) is 4. The zero-order valence-corrected chi connectivity index (χ0v) is 13.4. The highest BCUT2D eigenvalue weighted by Gasteiger charge is 2.26. The first-order valence-electron chi connectivity index (χ1n) is 7.69. The molecule has 2 aromatic carbocycles. The number of rotatable bonds is 6. The number of phenols is 2. The van der Waals surface area contributed by atoms with Crippen molar-refractivity contribution >= 4 is 5.97 Å². The Labute approximate surface area is 136 Å². The fourth-order valence-electron chi connectivity index (χ4n) is 2.95. The highest BCUT2D eigenvalue weighted by atomic mass is 16.5. The first-order chi connectivity index (χ1) is 11.0. The van der Waals surface area contributed by atoms with Crippen molar-refractivity contribution in [3.63, 3.8) is 0 Å². The monoisotopic (exact) mass is 314 g/mol. The first-order valence-corrected chi connectivity index (χ1v) is 7.69. The number of hydrogen-bond donors (Lipinski definition) is 2. The second kappa shape index (κ2) is 7.68. The number of aromatic hydroxyl groups is 2. The Balaban J connectivity index is 2.38. The molecular weight excluding hydrogens is 292 g/mol. The molecule has 0 bridgehead atoms. The lowest BCUT2D eigenvalue weighted by Gasteiger charge is -2.26. The number of ether oxygens (including phenoxy) is 1. The second-order valence-corrected chi connectivity index (χ2v) is 5.58. The van der Waals surface area contributed by atoms with Gasteiger partial charge in [-0.3, -0.25) is 4.79 Å². The van der Waals surface area contributed by atoms with Crippen LogP contribution in [0.5, 0.6) is 11.5 Å². The molecule has 4 heteroatoms. The van der Waals surface area contributed by atoms with Gasteiger partial charge in [0.25, 0.3) is 0 Å². The lowest BCUT2D eigenvalue weighted by Crippen LogP contribution is -2.16. The number of benzene rings is 2. The van der Waals surface area contributed by atoms with Gasteiger partial charge in [-0.25, -0.2) is 0 Å². The molecule has 0 aliphatic rings. The number of phenolic OH excluding ortho intramolecular Hbond substituents is 2. The summed E-state index contributed by atoms with van der Waals surface area (Å²) >= 11 is 0. The van der Waals surface area contributed by atoms with Gasteiger partial charge < -0.3 is 14.9 Å². The predicted octanol–water partition coefficient (Wildman–Crippen LogP) is 3.94. The van der Waals surface area contributed by atoms with E-state index in [1.807, 2.05) is 24.3 Å². The minimum Gasteiger partial charge on any atom is -0.508 e. The van der Waals surface area contributed by atoms with Gasteiger partial charge in [-0.1, -0.05) is 31.2 Å². The van der Waals surface area contributed by atoms with Crippen LogP contribution in [0.1, 0.15) is 42.7 Å². The summed E-state index contributed by atoms with van der Waals surface area (Å²) in [6.45, 7) is 2.07. The molecule has 122 valence electrons. The average molecular weight is 314 g/mol. The van der Waals surface area contributed by atoms with E-state index in [0.29, 0.717) is 0 Å². The second-order valence-electron chi connectivity index (χ2n) is 5.58. The van der Waals surface area contributed by atoms with Crippen molar-refractivity contribution < 1.29 is 19.7 Å². The topological polar surface area (TPSA) is 66.8 Å². The molecule has 0 saturated carbocycles. The predicted molar refractivity (Wildman–Crippen MR) is 88.6 cm³/mol. The number of esters is 1. The lowest BCUT2D eigenvalue weighted by molar-refractivity contribution is -0.141. The SMILES string of the molecule is CC[C@H](c1ccc(O)cc1)[C@@H](CC(=O)OC)c1ccc(O)cc1. The number of carbonyl (C=O) groups excluding carboxylic acids is 1. The molecule has 0 spiro atoms. The minimum absolute atomic E-state index is 0.0578. The molecular formula is C19H22O4. The van der Waals surface area contributed by atoms with Gasteiger partial charge in [0.1, 0.15) is 11.5 Å². The Hall–Kier alpha value is -2.49. The molecule has 2 atom stereocenters. The summed E-state index contributed by atoms with van der Waals surface area (Å²) in [4.78, 5) is 11.9. The maximum Gasteiger partial charge on any atom is 0.306 e. The summed E-state index contributed by atoms with van der Waals surface area (Å²) in [6.07, 6.45) is 1.11. The third-order valence-corrected chi connectivity index (χ3v) is 4.18. The van der Waals surface area contributed by atoms with Gasteiger partial charge in [0.2, 0.25) is 0 Å². The van der Waals surface area contributed by atoms with Crippen LogP contribution in [0.25, 0.3) is 0 Å². The van der Waals surface area contributed by atoms with Crippen LogP contribution in [0.3, 0.4) is 0 Å². The molecule has 2 rings (SSSR count). The molecule has 4 nitrogen and oxygen atoms in total. The smallest absolute Gasteiger partial charge is 0.306 e. The van der Waals surface area contributed by atoms with Crippen LogP contribution in [0.15, 0.2) is 48.5 Å². The number of methoxy groups -OCH3 is 1. The van der Waals surface area contributed by atoms with Crippen molar-refractivity contribution in [3.8, 4) is 11.5 Å². The van der Waals surface area contributed by atoms with E-state index in [4.69, 9.17) is 4.74 Å². The molecule has 2 N–H and O–H groups in total. The van der Waals surface area contributed by atoms with Gasteiger partial charge in [0.15, 0.2) is 0 Å². The van der Waals surface area contributed by atoms with Crippen molar-refractivity contribution in [3.05, 3.63) is 59.7 Å². The first kappa shape index (κ1) is 16.9. The van der Waals surface area contributed by atoms with Gasteiger partial charge in [-0.05, 0) is 47.7 Å². The lowest BCUT2D eigenvalue weighted by atomic mass is 9.78. The Morgan fingerprint density at radius 1 is 0.913 bits per heavy atom. The van der Waals surface area contributed by atoms with Crippen molar-refractivity contribution in [2.24, 2.45) is 0 Å². The third kappa shape index (κ3) is 4.25. The zero-order valence-electron chi connectivity index (χ0n) is 13.4. The summed E-state index contributed by atoms with van der Waals surface area (Å²) < 4.78 is 4.85. The Bertz CT molecular complexity index is 631. The fourth-order valence-corrected chi connectivity index (χ4v) is 2.95. The van der Waals surface area contributed by atoms with E-state index < -0.39 is 0 Å². The van der Waals surface area contributed by atoms with E-state index in [1.165, 1.54) is 7.11 Å². The normalized spacial score (nSPS) is 13.3. The third-order valence-electron chi connectivity index (χ3n) is 4.18. The molecule has 0 fully saturated rings. The molecule has 0 aliphatic carbocycles. The van der Waals surface area contributed by atoms with E-state index in [-0.39, 0.29) is 35.7 Å². The molecule has 0 aromatic heterocycles. The van der Waals surface area contributed by atoms with Crippen LogP contribution >= 0.6 is 0 Å². The van der Waals surface area contributed by atoms with Gasteiger partial charge in [-0.2, -0.15) is 0 Å². The van der Waals surface area contributed by atoms with Crippen molar-refractivity contribution in [2.75, 3.05) is 7.11 Å². The fraction of sp³-hybridized carbons (Fsp3) is 0.316. The van der Waals surface area contributed by atoms with Crippen LogP contribution in [0, 0.1) is 0 Å².